The maximum absolute atomic E-state index is 13.6. The van der Waals surface area contributed by atoms with Crippen LogP contribution < -0.4 is 5.32 Å². The van der Waals surface area contributed by atoms with Crippen molar-refractivity contribution in [3.8, 4) is 0 Å². The highest BCUT2D eigenvalue weighted by Crippen LogP contribution is 2.36. The first kappa shape index (κ1) is 19.7. The number of methoxy groups -OCH3 is 1. The predicted octanol–water partition coefficient (Wildman–Crippen LogP) is 3.66. The first-order valence-electron chi connectivity index (χ1n) is 8.50. The third kappa shape index (κ3) is 3.51. The van der Waals surface area contributed by atoms with Crippen LogP contribution in [0.1, 0.15) is 30.0 Å². The molecule has 2 heterocycles. The minimum atomic E-state index is -4.77. The molecule has 0 aliphatic rings. The van der Waals surface area contributed by atoms with E-state index in [4.69, 9.17) is 0 Å². The highest BCUT2D eigenvalue weighted by Gasteiger charge is 2.37. The Balaban J connectivity index is 2.14. The van der Waals surface area contributed by atoms with Gasteiger partial charge < -0.3 is 15.0 Å². The van der Waals surface area contributed by atoms with Crippen molar-refractivity contribution in [3.63, 3.8) is 0 Å². The second-order valence-electron chi connectivity index (χ2n) is 6.67. The van der Waals surface area contributed by atoms with Crippen LogP contribution in [0.25, 0.3) is 21.8 Å². The van der Waals surface area contributed by atoms with Crippen molar-refractivity contribution in [2.24, 2.45) is 5.92 Å². The van der Waals surface area contributed by atoms with Crippen molar-refractivity contribution in [2.75, 3.05) is 7.11 Å². The van der Waals surface area contributed by atoms with Gasteiger partial charge in [-0.1, -0.05) is 32.0 Å². The van der Waals surface area contributed by atoms with Crippen LogP contribution in [-0.4, -0.2) is 35.0 Å². The molecule has 6 nitrogen and oxygen atoms in total. The van der Waals surface area contributed by atoms with Gasteiger partial charge in [0.2, 0.25) is 0 Å². The highest BCUT2D eigenvalue weighted by molar-refractivity contribution is 6.10. The number of aromatic amines is 1. The van der Waals surface area contributed by atoms with Crippen LogP contribution in [0.2, 0.25) is 0 Å². The molecule has 28 heavy (non-hydrogen) atoms. The van der Waals surface area contributed by atoms with E-state index < -0.39 is 35.5 Å². The Morgan fingerprint density at radius 3 is 2.46 bits per heavy atom. The molecule has 0 bridgehead atoms. The summed E-state index contributed by atoms with van der Waals surface area (Å²) in [6, 6.07) is 6.95. The number of halogens is 3. The monoisotopic (exact) mass is 393 g/mol. The van der Waals surface area contributed by atoms with E-state index in [1.807, 2.05) is 0 Å². The molecule has 0 fully saturated rings. The van der Waals surface area contributed by atoms with Crippen molar-refractivity contribution in [2.45, 2.75) is 26.1 Å². The molecule has 1 atom stereocenters. The van der Waals surface area contributed by atoms with Crippen LogP contribution in [0.3, 0.4) is 0 Å². The molecule has 9 heteroatoms. The normalized spacial score (nSPS) is 13.1. The molecule has 0 saturated heterocycles. The third-order valence-electron chi connectivity index (χ3n) is 4.41. The number of carbonyl (C=O) groups excluding carboxylic acids is 2. The predicted molar refractivity (Wildman–Crippen MR) is 96.7 cm³/mol. The van der Waals surface area contributed by atoms with Crippen LogP contribution in [0.15, 0.2) is 30.3 Å². The average Bonchev–Trinajstić information content (AvgIpc) is 3.01. The zero-order valence-electron chi connectivity index (χ0n) is 15.3. The molecule has 0 aliphatic heterocycles. The Bertz CT molecular complexity index is 1060. The number of nitrogens with zero attached hydrogens (tertiary/aromatic N) is 1. The average molecular weight is 393 g/mol. The number of esters is 1. The Hall–Kier alpha value is -3.10. The maximum Gasteiger partial charge on any atom is 0.435 e. The number of pyridine rings is 1. The second-order valence-corrected chi connectivity index (χ2v) is 6.67. The number of para-hydroxylation sites is 1. The first-order chi connectivity index (χ1) is 13.1. The number of hydrogen-bond donors (Lipinski definition) is 2. The van der Waals surface area contributed by atoms with Crippen LogP contribution in [0.4, 0.5) is 13.2 Å². The van der Waals surface area contributed by atoms with E-state index in [0.29, 0.717) is 10.9 Å². The molecule has 2 N–H and O–H groups in total. The number of rotatable bonds is 4. The van der Waals surface area contributed by atoms with E-state index in [-0.39, 0.29) is 16.8 Å². The van der Waals surface area contributed by atoms with Gasteiger partial charge in [0, 0.05) is 16.3 Å². The number of amides is 1. The third-order valence-corrected chi connectivity index (χ3v) is 4.41. The van der Waals surface area contributed by atoms with E-state index in [0.717, 1.165) is 0 Å². The molecule has 0 radical (unpaired) electrons. The minimum absolute atomic E-state index is 0.196. The standard InChI is InChI=1S/C19H18F3N3O3/c1-9(2)14(18(27)28-3)25-17(26)13-8-11-10-6-4-5-7-12(10)23-15(11)16(24-13)19(20,21)22/h4-9,14,23H,1-3H3,(H,25,26)/t14-/m0/s1. The number of carbonyl (C=O) groups is 2. The van der Waals surface area contributed by atoms with E-state index in [1.54, 1.807) is 38.1 Å². The lowest BCUT2D eigenvalue weighted by Gasteiger charge is -2.19. The Morgan fingerprint density at radius 2 is 1.86 bits per heavy atom. The highest BCUT2D eigenvalue weighted by atomic mass is 19.4. The molecular weight excluding hydrogens is 375 g/mol. The number of alkyl halides is 3. The summed E-state index contributed by atoms with van der Waals surface area (Å²) in [5.41, 5.74) is -1.32. The molecule has 0 spiro atoms. The van der Waals surface area contributed by atoms with Gasteiger partial charge in [-0.3, -0.25) is 4.79 Å². The molecule has 148 valence electrons. The van der Waals surface area contributed by atoms with E-state index in [9.17, 15) is 22.8 Å². The van der Waals surface area contributed by atoms with Gasteiger partial charge in [-0.2, -0.15) is 13.2 Å². The van der Waals surface area contributed by atoms with E-state index in [2.05, 4.69) is 20.0 Å². The molecule has 1 amide bonds. The number of nitrogens with one attached hydrogen (secondary N) is 2. The smallest absolute Gasteiger partial charge is 0.435 e. The fourth-order valence-electron chi connectivity index (χ4n) is 3.01. The van der Waals surface area contributed by atoms with Crippen molar-refractivity contribution in [1.82, 2.24) is 15.3 Å². The summed E-state index contributed by atoms with van der Waals surface area (Å²) < 4.78 is 45.4. The maximum atomic E-state index is 13.6. The Morgan fingerprint density at radius 1 is 1.18 bits per heavy atom. The molecule has 0 unspecified atom stereocenters. The number of fused-ring (bicyclic) bond motifs is 3. The molecule has 3 rings (SSSR count). The summed E-state index contributed by atoms with van der Waals surface area (Å²) in [6.45, 7) is 3.36. The zero-order valence-corrected chi connectivity index (χ0v) is 15.3. The SMILES string of the molecule is COC(=O)[C@@H](NC(=O)c1cc2c([nH]c3ccccc32)c(C(F)(F)F)n1)C(C)C. The fraction of sp³-hybridized carbons (Fsp3) is 0.316. The number of hydrogen-bond acceptors (Lipinski definition) is 4. The van der Waals surface area contributed by atoms with Crippen LogP contribution >= 0.6 is 0 Å². The van der Waals surface area contributed by atoms with Crippen LogP contribution in [-0.2, 0) is 15.7 Å². The summed E-state index contributed by atoms with van der Waals surface area (Å²) >= 11 is 0. The number of benzene rings is 1. The van der Waals surface area contributed by atoms with Gasteiger partial charge in [-0.25, -0.2) is 9.78 Å². The van der Waals surface area contributed by atoms with Crippen molar-refractivity contribution >= 4 is 33.7 Å². The van der Waals surface area contributed by atoms with Crippen molar-refractivity contribution in [1.29, 1.82) is 0 Å². The lowest BCUT2D eigenvalue weighted by atomic mass is 10.0. The summed E-state index contributed by atoms with van der Waals surface area (Å²) in [4.78, 5) is 30.7. The Kier molecular flexibility index (Phi) is 5.01. The number of aromatic nitrogens is 2. The van der Waals surface area contributed by atoms with Gasteiger partial charge in [0.15, 0.2) is 5.69 Å². The summed E-state index contributed by atoms with van der Waals surface area (Å²) in [7, 11) is 1.17. The van der Waals surface area contributed by atoms with E-state index in [1.165, 1.54) is 13.2 Å². The lowest BCUT2D eigenvalue weighted by Crippen LogP contribution is -2.45. The molecular formula is C19H18F3N3O3. The topological polar surface area (TPSA) is 84.1 Å². The second kappa shape index (κ2) is 7.14. The zero-order chi connectivity index (χ0) is 20.6. The number of ether oxygens (including phenoxy) is 1. The number of H-pyrrole nitrogens is 1. The van der Waals surface area contributed by atoms with Gasteiger partial charge in [-0.15, -0.1) is 0 Å². The summed E-state index contributed by atoms with van der Waals surface area (Å²) in [5, 5.41) is 3.17. The fourth-order valence-corrected chi connectivity index (χ4v) is 3.01. The summed E-state index contributed by atoms with van der Waals surface area (Å²) in [6.07, 6.45) is -4.77. The Labute approximate surface area is 158 Å². The molecule has 1 aromatic carbocycles. The summed E-state index contributed by atoms with van der Waals surface area (Å²) in [5.74, 6) is -1.90. The lowest BCUT2D eigenvalue weighted by molar-refractivity contribution is -0.144. The van der Waals surface area contributed by atoms with Crippen LogP contribution in [0, 0.1) is 5.92 Å². The first-order valence-corrected chi connectivity index (χ1v) is 8.50. The van der Waals surface area contributed by atoms with Crippen molar-refractivity contribution < 1.29 is 27.5 Å². The van der Waals surface area contributed by atoms with Gasteiger partial charge in [0.1, 0.15) is 11.7 Å². The quantitative estimate of drug-likeness (QED) is 0.663. The van der Waals surface area contributed by atoms with Gasteiger partial charge in [0.05, 0.1) is 12.6 Å². The van der Waals surface area contributed by atoms with Gasteiger partial charge >= 0.3 is 12.1 Å². The van der Waals surface area contributed by atoms with Gasteiger partial charge in [-0.05, 0) is 18.1 Å². The van der Waals surface area contributed by atoms with E-state index >= 15 is 0 Å². The minimum Gasteiger partial charge on any atom is -0.467 e. The van der Waals surface area contributed by atoms with Crippen molar-refractivity contribution in [3.05, 3.63) is 41.7 Å². The van der Waals surface area contributed by atoms with Crippen LogP contribution in [0.5, 0.6) is 0 Å². The van der Waals surface area contributed by atoms with Gasteiger partial charge in [0.25, 0.3) is 5.91 Å². The largest absolute Gasteiger partial charge is 0.467 e. The molecule has 0 saturated carbocycles. The molecule has 3 aromatic rings. The molecule has 2 aromatic heterocycles. The molecule has 0 aliphatic carbocycles.